The SMILES string of the molecule is C=CCNc1nc(C(=O)OCC(=O)N[C@H](C)c2ccc(CC(C)C)cc2)cs1. The fourth-order valence-corrected chi connectivity index (χ4v) is 3.28. The summed E-state index contributed by atoms with van der Waals surface area (Å²) in [7, 11) is 0. The molecule has 0 aliphatic heterocycles. The Balaban J connectivity index is 1.80. The van der Waals surface area contributed by atoms with Crippen LogP contribution in [0.3, 0.4) is 0 Å². The summed E-state index contributed by atoms with van der Waals surface area (Å²) >= 11 is 1.29. The van der Waals surface area contributed by atoms with Gasteiger partial charge in [-0.25, -0.2) is 9.78 Å². The Bertz CT molecular complexity index is 799. The van der Waals surface area contributed by atoms with E-state index in [1.165, 1.54) is 16.9 Å². The topological polar surface area (TPSA) is 80.3 Å². The third-order valence-electron chi connectivity index (χ3n) is 3.95. The van der Waals surface area contributed by atoms with Crippen LogP contribution in [0.25, 0.3) is 0 Å². The van der Waals surface area contributed by atoms with Crippen molar-refractivity contribution in [2.24, 2.45) is 5.92 Å². The maximum Gasteiger partial charge on any atom is 0.358 e. The zero-order valence-corrected chi connectivity index (χ0v) is 17.3. The molecule has 1 heterocycles. The molecule has 2 rings (SSSR count). The molecule has 0 saturated heterocycles. The predicted molar refractivity (Wildman–Crippen MR) is 113 cm³/mol. The molecule has 0 saturated carbocycles. The van der Waals surface area contributed by atoms with E-state index < -0.39 is 5.97 Å². The summed E-state index contributed by atoms with van der Waals surface area (Å²) in [6.07, 6.45) is 2.72. The van der Waals surface area contributed by atoms with Crippen molar-refractivity contribution >= 4 is 28.3 Å². The second-order valence-electron chi connectivity index (χ2n) is 6.91. The summed E-state index contributed by atoms with van der Waals surface area (Å²) in [5, 5.41) is 8.03. The number of benzene rings is 1. The Labute approximate surface area is 170 Å². The molecule has 150 valence electrons. The quantitative estimate of drug-likeness (QED) is 0.465. The van der Waals surface area contributed by atoms with Crippen LogP contribution in [0.1, 0.15) is 48.4 Å². The van der Waals surface area contributed by atoms with Gasteiger partial charge in [0, 0.05) is 11.9 Å². The molecule has 1 aromatic carbocycles. The third kappa shape index (κ3) is 6.81. The number of nitrogens with zero attached hydrogens (tertiary/aromatic N) is 1. The standard InChI is InChI=1S/C21H27N3O3S/c1-5-10-22-21-24-18(13-28-21)20(26)27-12-19(25)23-15(4)17-8-6-16(7-9-17)11-14(2)3/h5-9,13-15H,1,10-12H2,2-4H3,(H,22,24)(H,23,25)/t15-/m1/s1. The number of rotatable bonds is 10. The molecule has 0 aliphatic carbocycles. The van der Waals surface area contributed by atoms with Gasteiger partial charge in [-0.1, -0.05) is 44.2 Å². The van der Waals surface area contributed by atoms with Crippen LogP contribution in [0.5, 0.6) is 0 Å². The molecule has 0 fully saturated rings. The van der Waals surface area contributed by atoms with Crippen LogP contribution in [0.15, 0.2) is 42.3 Å². The number of anilines is 1. The summed E-state index contributed by atoms with van der Waals surface area (Å²) in [5.41, 5.74) is 2.46. The molecule has 0 aliphatic rings. The molecule has 1 amide bonds. The molecule has 0 radical (unpaired) electrons. The Morgan fingerprint density at radius 1 is 1.25 bits per heavy atom. The lowest BCUT2D eigenvalue weighted by Crippen LogP contribution is -2.31. The van der Waals surface area contributed by atoms with Crippen molar-refractivity contribution in [3.05, 3.63) is 59.1 Å². The first-order valence-electron chi connectivity index (χ1n) is 9.24. The van der Waals surface area contributed by atoms with Gasteiger partial charge >= 0.3 is 5.97 Å². The number of aromatic nitrogens is 1. The first kappa shape index (κ1) is 21.6. The number of carbonyl (C=O) groups is 2. The van der Waals surface area contributed by atoms with Gasteiger partial charge in [0.15, 0.2) is 17.4 Å². The van der Waals surface area contributed by atoms with E-state index >= 15 is 0 Å². The molecule has 1 atom stereocenters. The zero-order chi connectivity index (χ0) is 20.5. The molecule has 2 aromatic rings. The van der Waals surface area contributed by atoms with Crippen LogP contribution < -0.4 is 10.6 Å². The second kappa shape index (κ2) is 10.6. The first-order chi connectivity index (χ1) is 13.4. The number of nitrogens with one attached hydrogen (secondary N) is 2. The van der Waals surface area contributed by atoms with E-state index in [0.717, 1.165) is 12.0 Å². The fourth-order valence-electron chi connectivity index (χ4n) is 2.59. The number of amides is 1. The minimum Gasteiger partial charge on any atom is -0.451 e. The van der Waals surface area contributed by atoms with Gasteiger partial charge in [-0.05, 0) is 30.4 Å². The van der Waals surface area contributed by atoms with Gasteiger partial charge in [-0.2, -0.15) is 0 Å². The van der Waals surface area contributed by atoms with Gasteiger partial charge in [0.25, 0.3) is 5.91 Å². The van der Waals surface area contributed by atoms with E-state index in [0.29, 0.717) is 17.6 Å². The lowest BCUT2D eigenvalue weighted by Gasteiger charge is -2.15. The highest BCUT2D eigenvalue weighted by Crippen LogP contribution is 2.17. The Hall–Kier alpha value is -2.67. The van der Waals surface area contributed by atoms with Crippen molar-refractivity contribution in [1.82, 2.24) is 10.3 Å². The van der Waals surface area contributed by atoms with E-state index in [2.05, 4.69) is 48.2 Å². The van der Waals surface area contributed by atoms with Crippen molar-refractivity contribution in [3.63, 3.8) is 0 Å². The molecule has 2 N–H and O–H groups in total. The summed E-state index contributed by atoms with van der Waals surface area (Å²) in [6, 6.07) is 8.02. The number of hydrogen-bond donors (Lipinski definition) is 2. The smallest absolute Gasteiger partial charge is 0.358 e. The van der Waals surface area contributed by atoms with Gasteiger partial charge in [0.2, 0.25) is 0 Å². The van der Waals surface area contributed by atoms with Crippen LogP contribution in [0.4, 0.5) is 5.13 Å². The van der Waals surface area contributed by atoms with Crippen LogP contribution in [-0.2, 0) is 16.0 Å². The number of hydrogen-bond acceptors (Lipinski definition) is 6. The minimum absolute atomic E-state index is 0.173. The lowest BCUT2D eigenvalue weighted by atomic mass is 10.00. The normalized spacial score (nSPS) is 11.7. The molecule has 6 nitrogen and oxygen atoms in total. The Morgan fingerprint density at radius 2 is 1.96 bits per heavy atom. The van der Waals surface area contributed by atoms with Crippen molar-refractivity contribution in [2.75, 3.05) is 18.5 Å². The van der Waals surface area contributed by atoms with Gasteiger partial charge in [-0.15, -0.1) is 17.9 Å². The number of esters is 1. The predicted octanol–water partition coefficient (Wildman–Crippen LogP) is 3.97. The number of carbonyl (C=O) groups excluding carboxylic acids is 2. The lowest BCUT2D eigenvalue weighted by molar-refractivity contribution is -0.124. The van der Waals surface area contributed by atoms with E-state index in [9.17, 15) is 9.59 Å². The average molecular weight is 402 g/mol. The molecule has 1 aromatic heterocycles. The molecule has 7 heteroatoms. The maximum absolute atomic E-state index is 12.1. The maximum atomic E-state index is 12.1. The minimum atomic E-state index is -0.622. The third-order valence-corrected chi connectivity index (χ3v) is 4.75. The zero-order valence-electron chi connectivity index (χ0n) is 16.5. The highest BCUT2D eigenvalue weighted by Gasteiger charge is 2.15. The molecule has 0 bridgehead atoms. The number of thiazole rings is 1. The van der Waals surface area contributed by atoms with E-state index in [4.69, 9.17) is 4.74 Å². The summed E-state index contributed by atoms with van der Waals surface area (Å²) in [5.74, 6) is -0.375. The van der Waals surface area contributed by atoms with Crippen LogP contribution >= 0.6 is 11.3 Å². The van der Waals surface area contributed by atoms with Crippen LogP contribution in [-0.4, -0.2) is 30.0 Å². The van der Waals surface area contributed by atoms with Crippen molar-refractivity contribution in [2.45, 2.75) is 33.2 Å². The van der Waals surface area contributed by atoms with Gasteiger partial charge < -0.3 is 15.4 Å². The van der Waals surface area contributed by atoms with Crippen LogP contribution in [0.2, 0.25) is 0 Å². The largest absolute Gasteiger partial charge is 0.451 e. The first-order valence-corrected chi connectivity index (χ1v) is 10.1. The van der Waals surface area contributed by atoms with E-state index in [1.807, 2.05) is 19.1 Å². The van der Waals surface area contributed by atoms with E-state index in [1.54, 1.807) is 11.5 Å². The van der Waals surface area contributed by atoms with E-state index in [-0.39, 0.29) is 24.2 Å². The summed E-state index contributed by atoms with van der Waals surface area (Å²) < 4.78 is 5.05. The van der Waals surface area contributed by atoms with Crippen molar-refractivity contribution < 1.29 is 14.3 Å². The molecule has 0 unspecified atom stereocenters. The number of ether oxygens (including phenoxy) is 1. The van der Waals surface area contributed by atoms with Crippen LogP contribution in [0, 0.1) is 5.92 Å². The highest BCUT2D eigenvalue weighted by molar-refractivity contribution is 7.13. The van der Waals surface area contributed by atoms with Crippen molar-refractivity contribution in [1.29, 1.82) is 0 Å². The molecule has 0 spiro atoms. The Morgan fingerprint density at radius 3 is 2.61 bits per heavy atom. The second-order valence-corrected chi connectivity index (χ2v) is 7.77. The summed E-state index contributed by atoms with van der Waals surface area (Å²) in [6.45, 7) is 10.1. The van der Waals surface area contributed by atoms with Crippen molar-refractivity contribution in [3.8, 4) is 0 Å². The summed E-state index contributed by atoms with van der Waals surface area (Å²) in [4.78, 5) is 28.2. The monoisotopic (exact) mass is 401 g/mol. The average Bonchev–Trinajstić information content (AvgIpc) is 3.13. The van der Waals surface area contributed by atoms with Gasteiger partial charge in [-0.3, -0.25) is 4.79 Å². The highest BCUT2D eigenvalue weighted by atomic mass is 32.1. The Kier molecular flexibility index (Phi) is 8.19. The van der Waals surface area contributed by atoms with Gasteiger partial charge in [0.05, 0.1) is 6.04 Å². The molecular weight excluding hydrogens is 374 g/mol. The van der Waals surface area contributed by atoms with Gasteiger partial charge in [0.1, 0.15) is 0 Å². The fraction of sp³-hybridized carbons (Fsp3) is 0.381. The molecule has 28 heavy (non-hydrogen) atoms. The molecular formula is C21H27N3O3S.